The lowest BCUT2D eigenvalue weighted by Crippen LogP contribution is -1.92. The number of aromatic nitrogens is 1. The van der Waals surface area contributed by atoms with Crippen LogP contribution in [0.15, 0.2) is 34.8 Å². The van der Waals surface area contributed by atoms with Crippen LogP contribution in [-0.4, -0.2) is 11.3 Å². The summed E-state index contributed by atoms with van der Waals surface area (Å²) in [5.41, 5.74) is 0.554. The van der Waals surface area contributed by atoms with Crippen molar-refractivity contribution in [1.29, 1.82) is 5.26 Å². The molecule has 1 aromatic carbocycles. The van der Waals surface area contributed by atoms with E-state index in [4.69, 9.17) is 21.6 Å². The van der Waals surface area contributed by atoms with Crippen molar-refractivity contribution in [3.63, 3.8) is 0 Å². The van der Waals surface area contributed by atoms with Gasteiger partial charge in [0.25, 0.3) is 0 Å². The van der Waals surface area contributed by atoms with Crippen LogP contribution in [0.2, 0.25) is 5.02 Å². The van der Waals surface area contributed by atoms with Gasteiger partial charge in [0.2, 0.25) is 5.88 Å². The summed E-state index contributed by atoms with van der Waals surface area (Å²) in [6, 6.07) is 9.89. The molecule has 6 heteroatoms. The van der Waals surface area contributed by atoms with Crippen LogP contribution in [0, 0.1) is 11.3 Å². The number of rotatable bonds is 3. The molecule has 0 atom stereocenters. The molecule has 0 fully saturated rings. The summed E-state index contributed by atoms with van der Waals surface area (Å²) in [7, 11) is 0. The highest BCUT2D eigenvalue weighted by atomic mass is 79.9. The van der Waals surface area contributed by atoms with Crippen molar-refractivity contribution in [3.05, 3.63) is 51.1 Å². The first kappa shape index (κ1) is 13.5. The van der Waals surface area contributed by atoms with E-state index in [1.807, 2.05) is 6.07 Å². The van der Waals surface area contributed by atoms with Gasteiger partial charge in [-0.1, -0.05) is 27.5 Å². The van der Waals surface area contributed by atoms with Crippen LogP contribution in [-0.2, 0) is 0 Å². The maximum absolute atomic E-state index is 10.8. The topological polar surface area (TPSA) is 63.0 Å². The lowest BCUT2D eigenvalue weighted by Gasteiger charge is -2.06. The molecule has 0 amide bonds. The van der Waals surface area contributed by atoms with E-state index in [-0.39, 0.29) is 16.6 Å². The standard InChI is InChI=1S/C13H6BrClN2O2/c14-10-2-1-9(5-8(10)7-18)19-13-4-3-11(15)12(6-16)17-13/h1-5,7H. The van der Waals surface area contributed by atoms with Gasteiger partial charge in [-0.3, -0.25) is 4.79 Å². The SMILES string of the molecule is N#Cc1nc(Oc2ccc(Br)c(C=O)c2)ccc1Cl. The van der Waals surface area contributed by atoms with Crippen molar-refractivity contribution in [2.45, 2.75) is 0 Å². The molecule has 1 aromatic heterocycles. The Morgan fingerprint density at radius 3 is 2.84 bits per heavy atom. The lowest BCUT2D eigenvalue weighted by atomic mass is 10.2. The van der Waals surface area contributed by atoms with Crippen LogP contribution in [0.3, 0.4) is 0 Å². The second kappa shape index (κ2) is 5.83. The minimum atomic E-state index is 0.0897. The predicted octanol–water partition coefficient (Wildman–Crippen LogP) is 3.97. The number of benzene rings is 1. The number of ether oxygens (including phenoxy) is 1. The maximum Gasteiger partial charge on any atom is 0.220 e. The molecule has 0 aliphatic carbocycles. The normalized spacial score (nSPS) is 9.74. The van der Waals surface area contributed by atoms with Gasteiger partial charge in [0, 0.05) is 16.1 Å². The number of carbonyl (C=O) groups is 1. The molecule has 0 unspecified atom stereocenters. The Morgan fingerprint density at radius 2 is 2.16 bits per heavy atom. The third-order valence-electron chi connectivity index (χ3n) is 2.24. The van der Waals surface area contributed by atoms with Crippen LogP contribution >= 0.6 is 27.5 Å². The quantitative estimate of drug-likeness (QED) is 0.795. The van der Waals surface area contributed by atoms with E-state index in [0.717, 1.165) is 0 Å². The van der Waals surface area contributed by atoms with E-state index >= 15 is 0 Å². The second-order valence-corrected chi connectivity index (χ2v) is 4.76. The molecule has 0 saturated heterocycles. The van der Waals surface area contributed by atoms with Crippen LogP contribution in [0.5, 0.6) is 11.6 Å². The summed E-state index contributed by atoms with van der Waals surface area (Å²) in [6.45, 7) is 0. The van der Waals surface area contributed by atoms with E-state index < -0.39 is 0 Å². The van der Waals surface area contributed by atoms with Gasteiger partial charge in [0.1, 0.15) is 11.8 Å². The van der Waals surface area contributed by atoms with Crippen LogP contribution in [0.4, 0.5) is 0 Å². The zero-order chi connectivity index (χ0) is 13.8. The van der Waals surface area contributed by atoms with Crippen LogP contribution in [0.1, 0.15) is 16.1 Å². The van der Waals surface area contributed by atoms with E-state index in [1.54, 1.807) is 24.3 Å². The number of nitrogens with zero attached hydrogens (tertiary/aromatic N) is 2. The van der Waals surface area contributed by atoms with Crippen molar-refractivity contribution in [3.8, 4) is 17.7 Å². The zero-order valence-corrected chi connectivity index (χ0v) is 11.8. The number of nitriles is 1. The Hall–Kier alpha value is -1.90. The molecule has 0 N–H and O–H groups in total. The Morgan fingerprint density at radius 1 is 1.37 bits per heavy atom. The highest BCUT2D eigenvalue weighted by Crippen LogP contribution is 2.26. The molecule has 0 radical (unpaired) electrons. The van der Waals surface area contributed by atoms with Gasteiger partial charge in [-0.25, -0.2) is 4.98 Å². The number of hydrogen-bond donors (Lipinski definition) is 0. The molecular formula is C13H6BrClN2O2. The highest BCUT2D eigenvalue weighted by Gasteiger charge is 2.06. The molecule has 1 heterocycles. The minimum absolute atomic E-state index is 0.0897. The molecule has 2 aromatic rings. The molecular weight excluding hydrogens is 332 g/mol. The van der Waals surface area contributed by atoms with Gasteiger partial charge in [-0.2, -0.15) is 5.26 Å². The second-order valence-electron chi connectivity index (χ2n) is 3.49. The summed E-state index contributed by atoms with van der Waals surface area (Å²) in [4.78, 5) is 14.8. The molecule has 0 bridgehead atoms. The van der Waals surface area contributed by atoms with Gasteiger partial charge >= 0.3 is 0 Å². The van der Waals surface area contributed by atoms with Gasteiger partial charge in [0.05, 0.1) is 5.02 Å². The zero-order valence-electron chi connectivity index (χ0n) is 9.43. The monoisotopic (exact) mass is 336 g/mol. The summed E-state index contributed by atoms with van der Waals surface area (Å²) in [5.74, 6) is 0.684. The molecule has 4 nitrogen and oxygen atoms in total. The van der Waals surface area contributed by atoms with E-state index in [2.05, 4.69) is 20.9 Å². The average molecular weight is 338 g/mol. The van der Waals surface area contributed by atoms with Crippen LogP contribution < -0.4 is 4.74 Å². The third kappa shape index (κ3) is 3.11. The van der Waals surface area contributed by atoms with Crippen molar-refractivity contribution >= 4 is 33.8 Å². The van der Waals surface area contributed by atoms with E-state index in [1.165, 1.54) is 6.07 Å². The summed E-state index contributed by atoms with van der Waals surface area (Å²) < 4.78 is 6.15. The number of pyridine rings is 1. The van der Waals surface area contributed by atoms with E-state index in [9.17, 15) is 4.79 Å². The lowest BCUT2D eigenvalue weighted by molar-refractivity contribution is 0.112. The van der Waals surface area contributed by atoms with Gasteiger partial charge in [-0.15, -0.1) is 0 Å². The number of carbonyl (C=O) groups excluding carboxylic acids is 1. The molecule has 0 spiro atoms. The highest BCUT2D eigenvalue weighted by molar-refractivity contribution is 9.10. The fourth-order valence-electron chi connectivity index (χ4n) is 1.36. The largest absolute Gasteiger partial charge is 0.439 e. The first-order valence-electron chi connectivity index (χ1n) is 5.13. The Kier molecular flexibility index (Phi) is 4.15. The number of aldehydes is 1. The van der Waals surface area contributed by atoms with Crippen molar-refractivity contribution in [2.75, 3.05) is 0 Å². The van der Waals surface area contributed by atoms with Crippen LogP contribution in [0.25, 0.3) is 0 Å². The first-order chi connectivity index (χ1) is 9.13. The Bertz CT molecular complexity index is 683. The third-order valence-corrected chi connectivity index (χ3v) is 3.27. The molecule has 94 valence electrons. The number of halogens is 2. The minimum Gasteiger partial charge on any atom is -0.439 e. The molecule has 0 aliphatic heterocycles. The Labute approximate surface area is 122 Å². The smallest absolute Gasteiger partial charge is 0.220 e. The van der Waals surface area contributed by atoms with Gasteiger partial charge in [0.15, 0.2) is 12.0 Å². The fourth-order valence-corrected chi connectivity index (χ4v) is 1.84. The molecule has 19 heavy (non-hydrogen) atoms. The summed E-state index contributed by atoms with van der Waals surface area (Å²) in [5, 5.41) is 9.09. The van der Waals surface area contributed by atoms with Crippen molar-refractivity contribution in [1.82, 2.24) is 4.98 Å². The van der Waals surface area contributed by atoms with Crippen molar-refractivity contribution in [2.24, 2.45) is 0 Å². The predicted molar refractivity (Wildman–Crippen MR) is 73.6 cm³/mol. The maximum atomic E-state index is 10.8. The summed E-state index contributed by atoms with van der Waals surface area (Å²) in [6.07, 6.45) is 0.715. The first-order valence-corrected chi connectivity index (χ1v) is 6.30. The summed E-state index contributed by atoms with van der Waals surface area (Å²) >= 11 is 9.02. The van der Waals surface area contributed by atoms with Crippen molar-refractivity contribution < 1.29 is 9.53 Å². The molecule has 0 saturated carbocycles. The average Bonchev–Trinajstić information content (AvgIpc) is 2.43. The molecule has 0 aliphatic rings. The van der Waals surface area contributed by atoms with E-state index in [0.29, 0.717) is 22.1 Å². The van der Waals surface area contributed by atoms with Gasteiger partial charge in [-0.05, 0) is 24.3 Å². The number of hydrogen-bond acceptors (Lipinski definition) is 4. The Balaban J connectivity index is 2.31. The fraction of sp³-hybridized carbons (Fsp3) is 0. The van der Waals surface area contributed by atoms with Gasteiger partial charge < -0.3 is 4.74 Å². The molecule has 2 rings (SSSR count).